The van der Waals surface area contributed by atoms with Crippen molar-refractivity contribution in [3.05, 3.63) is 0 Å². The smallest absolute Gasteiger partial charge is 0.234 e. The van der Waals surface area contributed by atoms with Crippen molar-refractivity contribution in [1.82, 2.24) is 0 Å². The zero-order chi connectivity index (χ0) is 7.98. The van der Waals surface area contributed by atoms with Crippen molar-refractivity contribution in [3.63, 3.8) is 0 Å². The highest BCUT2D eigenvalue weighted by atomic mass is 32.2. The molecule has 4 heteroatoms. The Kier molecular flexibility index (Phi) is 5.43. The van der Waals surface area contributed by atoms with Gasteiger partial charge in [0, 0.05) is 0 Å². The van der Waals surface area contributed by atoms with Gasteiger partial charge >= 0.3 is 0 Å². The lowest BCUT2D eigenvalue weighted by molar-refractivity contribution is -0.119. The maximum Gasteiger partial charge on any atom is 0.234 e. The molecule has 1 unspecified atom stereocenters. The van der Waals surface area contributed by atoms with E-state index in [9.17, 15) is 4.79 Å². The molecule has 0 aliphatic heterocycles. The highest BCUT2D eigenvalue weighted by Gasteiger charge is 2.06. The molecule has 1 amide bonds. The first kappa shape index (κ1) is 9.78. The second kappa shape index (κ2) is 5.56. The molecule has 4 N–H and O–H groups in total. The summed E-state index contributed by atoms with van der Waals surface area (Å²) in [7, 11) is 0. The number of hydrogen-bond acceptors (Lipinski definition) is 3. The standard InChI is InChI=1S/C6H14N2OS/c1-2-10-4-3-5(7)6(8)9/h5H,2-4,7H2,1H3,(H2,8,9). The van der Waals surface area contributed by atoms with E-state index in [0.717, 1.165) is 11.5 Å². The van der Waals surface area contributed by atoms with E-state index in [1.54, 1.807) is 11.8 Å². The number of carbonyl (C=O) groups excluding carboxylic acids is 1. The van der Waals surface area contributed by atoms with Gasteiger partial charge < -0.3 is 11.5 Å². The third kappa shape index (κ3) is 4.64. The number of thioether (sulfide) groups is 1. The van der Waals surface area contributed by atoms with Gasteiger partial charge in [-0.15, -0.1) is 0 Å². The molecule has 60 valence electrons. The van der Waals surface area contributed by atoms with E-state index in [4.69, 9.17) is 11.5 Å². The van der Waals surface area contributed by atoms with E-state index in [1.165, 1.54) is 0 Å². The Morgan fingerprint density at radius 1 is 1.70 bits per heavy atom. The fourth-order valence-corrected chi connectivity index (χ4v) is 1.21. The zero-order valence-electron chi connectivity index (χ0n) is 6.17. The molecule has 0 aromatic rings. The molecule has 0 aromatic heterocycles. The van der Waals surface area contributed by atoms with Crippen molar-refractivity contribution in [2.24, 2.45) is 11.5 Å². The quantitative estimate of drug-likeness (QED) is 0.556. The summed E-state index contributed by atoms with van der Waals surface area (Å²) in [5, 5.41) is 0. The van der Waals surface area contributed by atoms with Gasteiger partial charge in [0.2, 0.25) is 5.91 Å². The van der Waals surface area contributed by atoms with Crippen molar-refractivity contribution in [2.45, 2.75) is 19.4 Å². The minimum atomic E-state index is -0.459. The first-order valence-corrected chi connectivity index (χ1v) is 4.46. The summed E-state index contributed by atoms with van der Waals surface area (Å²) < 4.78 is 0. The van der Waals surface area contributed by atoms with E-state index >= 15 is 0 Å². The Balaban J connectivity index is 3.21. The number of nitrogens with two attached hydrogens (primary N) is 2. The normalized spacial score (nSPS) is 13.0. The van der Waals surface area contributed by atoms with Gasteiger partial charge in [-0.1, -0.05) is 6.92 Å². The number of primary amides is 1. The Labute approximate surface area is 65.5 Å². The number of rotatable bonds is 5. The predicted molar refractivity (Wildman–Crippen MR) is 44.8 cm³/mol. The average molecular weight is 162 g/mol. The summed E-state index contributed by atoms with van der Waals surface area (Å²) in [5.74, 6) is 1.57. The zero-order valence-corrected chi connectivity index (χ0v) is 6.99. The maximum absolute atomic E-state index is 10.4. The number of hydrogen-bond donors (Lipinski definition) is 2. The lowest BCUT2D eigenvalue weighted by Gasteiger charge is -2.04. The third-order valence-electron chi connectivity index (χ3n) is 1.14. The van der Waals surface area contributed by atoms with Crippen LogP contribution in [-0.4, -0.2) is 23.5 Å². The fraction of sp³-hybridized carbons (Fsp3) is 0.833. The molecular weight excluding hydrogens is 148 g/mol. The van der Waals surface area contributed by atoms with Gasteiger partial charge in [0.15, 0.2) is 0 Å². The highest BCUT2D eigenvalue weighted by molar-refractivity contribution is 7.99. The SMILES string of the molecule is CCSCCC(N)C(N)=O. The van der Waals surface area contributed by atoms with Crippen molar-refractivity contribution in [1.29, 1.82) is 0 Å². The van der Waals surface area contributed by atoms with Crippen LogP contribution in [0.25, 0.3) is 0 Å². The van der Waals surface area contributed by atoms with Gasteiger partial charge in [0.05, 0.1) is 6.04 Å². The second-order valence-electron chi connectivity index (χ2n) is 1.99. The molecule has 3 nitrogen and oxygen atoms in total. The largest absolute Gasteiger partial charge is 0.368 e. The van der Waals surface area contributed by atoms with Gasteiger partial charge in [0.25, 0.3) is 0 Å². The minimum absolute atomic E-state index is 0.406. The maximum atomic E-state index is 10.4. The molecule has 10 heavy (non-hydrogen) atoms. The predicted octanol–water partition coefficient (Wildman–Crippen LogP) is -0.0578. The van der Waals surface area contributed by atoms with Gasteiger partial charge in [0.1, 0.15) is 0 Å². The number of amides is 1. The van der Waals surface area contributed by atoms with Crippen LogP contribution in [-0.2, 0) is 4.79 Å². The monoisotopic (exact) mass is 162 g/mol. The molecule has 0 aromatic carbocycles. The van der Waals surface area contributed by atoms with Crippen LogP contribution in [0.15, 0.2) is 0 Å². The summed E-state index contributed by atoms with van der Waals surface area (Å²) in [6, 6.07) is -0.459. The average Bonchev–Trinajstić information content (AvgIpc) is 1.88. The number of carbonyl (C=O) groups is 1. The first-order valence-electron chi connectivity index (χ1n) is 3.31. The van der Waals surface area contributed by atoms with E-state index in [2.05, 4.69) is 6.92 Å². The Hall–Kier alpha value is -0.220. The summed E-state index contributed by atoms with van der Waals surface area (Å²) >= 11 is 1.77. The van der Waals surface area contributed by atoms with Crippen LogP contribution >= 0.6 is 11.8 Å². The molecule has 0 heterocycles. The molecule has 0 saturated carbocycles. The van der Waals surface area contributed by atoms with E-state index in [-0.39, 0.29) is 0 Å². The lowest BCUT2D eigenvalue weighted by atomic mass is 10.2. The van der Waals surface area contributed by atoms with Gasteiger partial charge in [-0.3, -0.25) is 4.79 Å². The summed E-state index contributed by atoms with van der Waals surface area (Å²) in [6.07, 6.45) is 0.688. The highest BCUT2D eigenvalue weighted by Crippen LogP contribution is 2.01. The van der Waals surface area contributed by atoms with Crippen molar-refractivity contribution >= 4 is 17.7 Å². The van der Waals surface area contributed by atoms with Crippen LogP contribution in [0.4, 0.5) is 0 Å². The van der Waals surface area contributed by atoms with E-state index in [1.807, 2.05) is 0 Å². The first-order chi connectivity index (χ1) is 4.68. The molecule has 0 fully saturated rings. The fourth-order valence-electron chi connectivity index (χ4n) is 0.497. The molecular formula is C6H14N2OS. The van der Waals surface area contributed by atoms with Crippen LogP contribution in [0.3, 0.4) is 0 Å². The van der Waals surface area contributed by atoms with Crippen LogP contribution in [0.2, 0.25) is 0 Å². The molecule has 0 saturated heterocycles. The molecule has 0 aliphatic carbocycles. The van der Waals surface area contributed by atoms with E-state index < -0.39 is 11.9 Å². The van der Waals surface area contributed by atoms with Gasteiger partial charge in [-0.25, -0.2) is 0 Å². The van der Waals surface area contributed by atoms with E-state index in [0.29, 0.717) is 6.42 Å². The van der Waals surface area contributed by atoms with Crippen LogP contribution < -0.4 is 11.5 Å². The minimum Gasteiger partial charge on any atom is -0.368 e. The topological polar surface area (TPSA) is 69.1 Å². The summed E-state index contributed by atoms with van der Waals surface area (Å²) in [6.45, 7) is 2.07. The van der Waals surface area contributed by atoms with Crippen molar-refractivity contribution < 1.29 is 4.79 Å². The third-order valence-corrected chi connectivity index (χ3v) is 2.08. The van der Waals surface area contributed by atoms with Crippen molar-refractivity contribution in [2.75, 3.05) is 11.5 Å². The lowest BCUT2D eigenvalue weighted by Crippen LogP contribution is -2.36. The molecule has 0 rings (SSSR count). The summed E-state index contributed by atoms with van der Waals surface area (Å²) in [4.78, 5) is 10.4. The van der Waals surface area contributed by atoms with Crippen molar-refractivity contribution in [3.8, 4) is 0 Å². The Morgan fingerprint density at radius 3 is 2.70 bits per heavy atom. The van der Waals surface area contributed by atoms with Gasteiger partial charge in [-0.05, 0) is 17.9 Å². The van der Waals surface area contributed by atoms with Crippen LogP contribution in [0, 0.1) is 0 Å². The van der Waals surface area contributed by atoms with Crippen LogP contribution in [0.5, 0.6) is 0 Å². The Morgan fingerprint density at radius 2 is 2.30 bits per heavy atom. The molecule has 0 spiro atoms. The van der Waals surface area contributed by atoms with Gasteiger partial charge in [-0.2, -0.15) is 11.8 Å². The molecule has 0 radical (unpaired) electrons. The second-order valence-corrected chi connectivity index (χ2v) is 3.39. The molecule has 1 atom stereocenters. The summed E-state index contributed by atoms with van der Waals surface area (Å²) in [5.41, 5.74) is 10.3. The molecule has 0 aliphatic rings. The molecule has 0 bridgehead atoms. The Bertz CT molecular complexity index is 108. The van der Waals surface area contributed by atoms with Crippen LogP contribution in [0.1, 0.15) is 13.3 Å².